The van der Waals surface area contributed by atoms with Gasteiger partial charge in [0.25, 0.3) is 0 Å². The van der Waals surface area contributed by atoms with Crippen molar-refractivity contribution in [3.8, 4) is 0 Å². The second-order valence-corrected chi connectivity index (χ2v) is 6.62. The number of aliphatic carboxylic acids is 1. The smallest absolute Gasteiger partial charge is 0.306 e. The van der Waals surface area contributed by atoms with Gasteiger partial charge in [-0.15, -0.1) is 0 Å². The van der Waals surface area contributed by atoms with E-state index in [2.05, 4.69) is 19.2 Å². The summed E-state index contributed by atoms with van der Waals surface area (Å²) in [6.45, 7) is 5.23. The predicted molar refractivity (Wildman–Crippen MR) is 72.6 cm³/mol. The molecule has 0 atom stereocenters. The monoisotopic (exact) mass is 267 g/mol. The van der Waals surface area contributed by atoms with E-state index in [1.807, 2.05) is 0 Å². The Morgan fingerprint density at radius 3 is 2.11 bits per heavy atom. The van der Waals surface area contributed by atoms with Crippen LogP contribution in [0.15, 0.2) is 0 Å². The Balaban J connectivity index is 1.74. The molecule has 2 N–H and O–H groups in total. The Bertz CT molecular complexity index is 352. The average Bonchev–Trinajstić information content (AvgIpc) is 3.17. The third-order valence-electron chi connectivity index (χ3n) is 5.18. The van der Waals surface area contributed by atoms with Crippen LogP contribution in [0.25, 0.3) is 0 Å². The van der Waals surface area contributed by atoms with Gasteiger partial charge in [-0.1, -0.05) is 13.8 Å². The fraction of sp³-hybridized carbons (Fsp3) is 0.867. The first-order valence-electron chi connectivity index (χ1n) is 7.45. The Kier molecular flexibility index (Phi) is 4.16. The summed E-state index contributed by atoms with van der Waals surface area (Å²) in [5, 5.41) is 12.0. The number of carbonyl (C=O) groups excluding carboxylic acids is 1. The molecule has 0 heterocycles. The number of rotatable bonds is 5. The van der Waals surface area contributed by atoms with E-state index in [1.165, 1.54) is 12.8 Å². The van der Waals surface area contributed by atoms with Gasteiger partial charge in [-0.3, -0.25) is 9.59 Å². The van der Waals surface area contributed by atoms with Crippen molar-refractivity contribution in [1.82, 2.24) is 5.32 Å². The highest BCUT2D eigenvalue weighted by molar-refractivity contribution is 5.79. The first kappa shape index (κ1) is 14.4. The molecule has 2 aliphatic carbocycles. The minimum absolute atomic E-state index is 0.0264. The Labute approximate surface area is 115 Å². The molecule has 0 saturated heterocycles. The maximum Gasteiger partial charge on any atom is 0.306 e. The number of carboxylic acid groups (broad SMARTS) is 1. The van der Waals surface area contributed by atoms with Crippen LogP contribution in [0.5, 0.6) is 0 Å². The summed E-state index contributed by atoms with van der Waals surface area (Å²) in [5.41, 5.74) is 0.341. The lowest BCUT2D eigenvalue weighted by atomic mass is 9.81. The maximum absolute atomic E-state index is 12.1. The Morgan fingerprint density at radius 1 is 1.16 bits per heavy atom. The molecule has 0 radical (unpaired) electrons. The first-order valence-corrected chi connectivity index (χ1v) is 7.45. The molecule has 2 saturated carbocycles. The van der Waals surface area contributed by atoms with Gasteiger partial charge in [0.2, 0.25) is 5.91 Å². The van der Waals surface area contributed by atoms with Gasteiger partial charge in [-0.05, 0) is 49.9 Å². The van der Waals surface area contributed by atoms with Crippen LogP contribution >= 0.6 is 0 Å². The molecule has 0 aliphatic heterocycles. The van der Waals surface area contributed by atoms with Crippen molar-refractivity contribution >= 4 is 11.9 Å². The minimum atomic E-state index is -0.712. The molecule has 1 amide bonds. The molecule has 2 aliphatic rings. The molecule has 19 heavy (non-hydrogen) atoms. The van der Waals surface area contributed by atoms with Crippen molar-refractivity contribution < 1.29 is 14.7 Å². The third-order valence-corrected chi connectivity index (χ3v) is 5.18. The third kappa shape index (κ3) is 3.28. The molecular weight excluding hydrogens is 242 g/mol. The molecule has 2 rings (SSSR count). The van der Waals surface area contributed by atoms with Gasteiger partial charge in [0.1, 0.15) is 0 Å². The molecule has 0 spiro atoms. The molecule has 0 bridgehead atoms. The van der Waals surface area contributed by atoms with Crippen molar-refractivity contribution in [2.45, 2.75) is 52.4 Å². The number of hydrogen-bond donors (Lipinski definition) is 2. The Hall–Kier alpha value is -1.06. The van der Waals surface area contributed by atoms with E-state index >= 15 is 0 Å². The summed E-state index contributed by atoms with van der Waals surface area (Å²) < 4.78 is 0. The van der Waals surface area contributed by atoms with Crippen LogP contribution in [0, 0.1) is 23.2 Å². The quantitative estimate of drug-likeness (QED) is 0.804. The van der Waals surface area contributed by atoms with Crippen LogP contribution in [-0.4, -0.2) is 23.5 Å². The fourth-order valence-electron chi connectivity index (χ4n) is 3.13. The van der Waals surface area contributed by atoms with Crippen LogP contribution in [0.2, 0.25) is 0 Å². The lowest BCUT2D eigenvalue weighted by Crippen LogP contribution is -2.38. The van der Waals surface area contributed by atoms with Crippen LogP contribution in [0.4, 0.5) is 0 Å². The number of carboxylic acids is 1. The molecule has 108 valence electrons. The predicted octanol–water partition coefficient (Wildman–Crippen LogP) is 2.43. The van der Waals surface area contributed by atoms with Crippen LogP contribution in [0.1, 0.15) is 52.4 Å². The summed E-state index contributed by atoms with van der Waals surface area (Å²) in [4.78, 5) is 23.0. The average molecular weight is 267 g/mol. The zero-order valence-corrected chi connectivity index (χ0v) is 11.9. The van der Waals surface area contributed by atoms with Crippen molar-refractivity contribution in [3.05, 3.63) is 0 Å². The zero-order valence-electron chi connectivity index (χ0n) is 11.9. The summed E-state index contributed by atoms with van der Waals surface area (Å²) in [5.74, 6) is -0.171. The molecular formula is C15H25NO3. The second-order valence-electron chi connectivity index (χ2n) is 6.62. The minimum Gasteiger partial charge on any atom is -0.481 e. The van der Waals surface area contributed by atoms with E-state index in [0.29, 0.717) is 24.2 Å². The second kappa shape index (κ2) is 5.51. The van der Waals surface area contributed by atoms with Crippen molar-refractivity contribution in [2.75, 3.05) is 6.54 Å². The van der Waals surface area contributed by atoms with Gasteiger partial charge in [-0.25, -0.2) is 0 Å². The first-order chi connectivity index (χ1) is 8.94. The topological polar surface area (TPSA) is 66.4 Å². The van der Waals surface area contributed by atoms with E-state index in [9.17, 15) is 9.59 Å². The zero-order chi connectivity index (χ0) is 14.0. The summed E-state index contributed by atoms with van der Waals surface area (Å²) in [6, 6.07) is 0. The molecule has 4 nitrogen and oxygen atoms in total. The van der Waals surface area contributed by atoms with E-state index in [1.54, 1.807) is 0 Å². The molecule has 0 unspecified atom stereocenters. The lowest BCUT2D eigenvalue weighted by Gasteiger charge is -2.27. The number of nitrogens with one attached hydrogen (secondary N) is 1. The van der Waals surface area contributed by atoms with Crippen LogP contribution in [-0.2, 0) is 9.59 Å². The largest absolute Gasteiger partial charge is 0.481 e. The number of hydrogen-bond acceptors (Lipinski definition) is 2. The van der Waals surface area contributed by atoms with Gasteiger partial charge in [0.05, 0.1) is 5.92 Å². The van der Waals surface area contributed by atoms with E-state index in [4.69, 9.17) is 5.11 Å². The van der Waals surface area contributed by atoms with Crippen LogP contribution in [0.3, 0.4) is 0 Å². The van der Waals surface area contributed by atoms with Gasteiger partial charge in [0, 0.05) is 12.5 Å². The molecule has 4 heteroatoms. The molecule has 2 fully saturated rings. The Morgan fingerprint density at radius 2 is 1.68 bits per heavy atom. The standard InChI is InChI=1S/C15H25NO3/c1-10(2)15(7-8-15)9-16-13(17)11-3-5-12(6-4-11)14(18)19/h10-12H,3-9H2,1-2H3,(H,16,17)(H,18,19). The van der Waals surface area contributed by atoms with Crippen molar-refractivity contribution in [3.63, 3.8) is 0 Å². The highest BCUT2D eigenvalue weighted by Gasteiger charge is 2.45. The highest BCUT2D eigenvalue weighted by atomic mass is 16.4. The number of amides is 1. The normalized spacial score (nSPS) is 29.0. The fourth-order valence-corrected chi connectivity index (χ4v) is 3.13. The van der Waals surface area contributed by atoms with Gasteiger partial charge in [-0.2, -0.15) is 0 Å². The molecule has 0 aromatic carbocycles. The summed E-state index contributed by atoms with van der Waals surface area (Å²) in [7, 11) is 0. The maximum atomic E-state index is 12.1. The van der Waals surface area contributed by atoms with Crippen molar-refractivity contribution in [2.24, 2.45) is 23.2 Å². The van der Waals surface area contributed by atoms with E-state index in [0.717, 1.165) is 19.4 Å². The van der Waals surface area contributed by atoms with E-state index in [-0.39, 0.29) is 17.7 Å². The lowest BCUT2D eigenvalue weighted by molar-refractivity contribution is -0.144. The van der Waals surface area contributed by atoms with Gasteiger partial charge < -0.3 is 10.4 Å². The highest BCUT2D eigenvalue weighted by Crippen LogP contribution is 2.51. The van der Waals surface area contributed by atoms with Gasteiger partial charge >= 0.3 is 5.97 Å². The SMILES string of the molecule is CC(C)C1(CNC(=O)C2CCC(C(=O)O)CC2)CC1. The number of carbonyl (C=O) groups is 2. The van der Waals surface area contributed by atoms with E-state index < -0.39 is 5.97 Å². The van der Waals surface area contributed by atoms with Crippen LogP contribution < -0.4 is 5.32 Å². The summed E-state index contributed by atoms with van der Waals surface area (Å²) in [6.07, 6.45) is 5.16. The summed E-state index contributed by atoms with van der Waals surface area (Å²) >= 11 is 0. The molecule has 0 aromatic heterocycles. The van der Waals surface area contributed by atoms with Crippen molar-refractivity contribution in [1.29, 1.82) is 0 Å². The van der Waals surface area contributed by atoms with Gasteiger partial charge in [0.15, 0.2) is 0 Å². The molecule has 0 aromatic rings.